The van der Waals surface area contributed by atoms with E-state index in [0.717, 1.165) is 18.6 Å². The van der Waals surface area contributed by atoms with E-state index < -0.39 is 39.3 Å². The van der Waals surface area contributed by atoms with Crippen LogP contribution < -0.4 is 10.6 Å². The van der Waals surface area contributed by atoms with Gasteiger partial charge >= 0.3 is 0 Å². The molecule has 23 heavy (non-hydrogen) atoms. The van der Waals surface area contributed by atoms with Crippen LogP contribution in [0.2, 0.25) is 0 Å². The molecular weight excluding hydrogens is 323 g/mol. The summed E-state index contributed by atoms with van der Waals surface area (Å²) >= 11 is 0. The van der Waals surface area contributed by atoms with Crippen molar-refractivity contribution in [3.63, 3.8) is 0 Å². The Bertz CT molecular complexity index is 688. The van der Waals surface area contributed by atoms with Gasteiger partial charge in [0.2, 0.25) is 11.8 Å². The molecular formula is C15H19FN2O4S. The summed E-state index contributed by atoms with van der Waals surface area (Å²) in [5, 5.41) is 5.22. The smallest absolute Gasteiger partial charge is 0.242 e. The fraction of sp³-hybridized carbons (Fsp3) is 0.467. The van der Waals surface area contributed by atoms with E-state index in [-0.39, 0.29) is 10.8 Å². The van der Waals surface area contributed by atoms with Crippen LogP contribution in [0.5, 0.6) is 0 Å². The first-order chi connectivity index (χ1) is 10.8. The standard InChI is InChI=1S/C15H19FN2O4S/c1-10(14(19)18-13-3-2-8-17-15(13)20)9-23(21,22)12-6-4-11(16)5-7-12/h4-7,10,13H,2-3,8-9H2,1H3,(H,17,20)(H,18,19)/t10-,13+/m1/s1. The number of piperidine rings is 1. The Morgan fingerprint density at radius 1 is 1.39 bits per heavy atom. The minimum Gasteiger partial charge on any atom is -0.354 e. The summed E-state index contributed by atoms with van der Waals surface area (Å²) in [7, 11) is -3.70. The number of hydrogen-bond acceptors (Lipinski definition) is 4. The van der Waals surface area contributed by atoms with Gasteiger partial charge in [-0.3, -0.25) is 9.59 Å². The molecule has 0 saturated carbocycles. The van der Waals surface area contributed by atoms with Crippen molar-refractivity contribution in [3.8, 4) is 0 Å². The highest BCUT2D eigenvalue weighted by Crippen LogP contribution is 2.15. The predicted octanol–water partition coefficient (Wildman–Crippen LogP) is 0.630. The first-order valence-electron chi connectivity index (χ1n) is 7.36. The van der Waals surface area contributed by atoms with Crippen LogP contribution in [0.4, 0.5) is 4.39 Å². The molecule has 0 unspecified atom stereocenters. The molecule has 1 fully saturated rings. The van der Waals surface area contributed by atoms with Crippen molar-refractivity contribution in [1.82, 2.24) is 10.6 Å². The number of sulfone groups is 1. The molecule has 0 aromatic heterocycles. The summed E-state index contributed by atoms with van der Waals surface area (Å²) in [4.78, 5) is 23.7. The van der Waals surface area contributed by atoms with Crippen molar-refractivity contribution >= 4 is 21.7 Å². The molecule has 1 aliphatic rings. The number of rotatable bonds is 5. The molecule has 2 N–H and O–H groups in total. The molecule has 8 heteroatoms. The Morgan fingerprint density at radius 2 is 2.04 bits per heavy atom. The molecule has 6 nitrogen and oxygen atoms in total. The summed E-state index contributed by atoms with van der Waals surface area (Å²) in [6, 6.07) is 3.84. The van der Waals surface area contributed by atoms with Crippen molar-refractivity contribution < 1.29 is 22.4 Å². The van der Waals surface area contributed by atoms with E-state index in [0.29, 0.717) is 13.0 Å². The van der Waals surface area contributed by atoms with Crippen molar-refractivity contribution in [2.24, 2.45) is 5.92 Å². The van der Waals surface area contributed by atoms with Crippen LogP contribution >= 0.6 is 0 Å². The molecule has 2 amide bonds. The van der Waals surface area contributed by atoms with E-state index in [1.165, 1.54) is 19.1 Å². The second-order valence-electron chi connectivity index (χ2n) is 5.63. The zero-order chi connectivity index (χ0) is 17.0. The molecule has 2 atom stereocenters. The number of nitrogens with one attached hydrogen (secondary N) is 2. The Hall–Kier alpha value is -1.96. The largest absolute Gasteiger partial charge is 0.354 e. The summed E-state index contributed by atoms with van der Waals surface area (Å²) in [6.45, 7) is 2.07. The SMILES string of the molecule is C[C@H](CS(=O)(=O)c1ccc(F)cc1)C(=O)N[C@H]1CCCNC1=O. The maximum Gasteiger partial charge on any atom is 0.242 e. The van der Waals surface area contributed by atoms with Crippen molar-refractivity contribution in [1.29, 1.82) is 0 Å². The van der Waals surface area contributed by atoms with Gasteiger partial charge in [-0.25, -0.2) is 12.8 Å². The van der Waals surface area contributed by atoms with E-state index in [2.05, 4.69) is 10.6 Å². The molecule has 0 radical (unpaired) electrons. The molecule has 2 rings (SSSR count). The van der Waals surface area contributed by atoms with Crippen LogP contribution in [0, 0.1) is 11.7 Å². The van der Waals surface area contributed by atoms with Gasteiger partial charge in [-0.05, 0) is 37.1 Å². The lowest BCUT2D eigenvalue weighted by Gasteiger charge is -2.24. The predicted molar refractivity (Wildman–Crippen MR) is 81.8 cm³/mol. The summed E-state index contributed by atoms with van der Waals surface area (Å²) in [6.07, 6.45) is 1.30. The Labute approximate surface area is 134 Å². The highest BCUT2D eigenvalue weighted by Gasteiger charge is 2.28. The summed E-state index contributed by atoms with van der Waals surface area (Å²) in [5.74, 6) is -2.49. The maximum atomic E-state index is 12.9. The number of hydrogen-bond donors (Lipinski definition) is 2. The lowest BCUT2D eigenvalue weighted by Crippen LogP contribution is -2.51. The lowest BCUT2D eigenvalue weighted by molar-refractivity contribution is -0.131. The molecule has 1 aromatic carbocycles. The van der Waals surface area contributed by atoms with Crippen LogP contribution in [-0.2, 0) is 19.4 Å². The van der Waals surface area contributed by atoms with E-state index in [1.54, 1.807) is 0 Å². The van der Waals surface area contributed by atoms with Gasteiger partial charge in [-0.15, -0.1) is 0 Å². The highest BCUT2D eigenvalue weighted by atomic mass is 32.2. The van der Waals surface area contributed by atoms with Crippen molar-refractivity contribution in [3.05, 3.63) is 30.1 Å². The van der Waals surface area contributed by atoms with Crippen LogP contribution in [-0.4, -0.2) is 38.6 Å². The number of carbonyl (C=O) groups is 2. The van der Waals surface area contributed by atoms with Crippen LogP contribution in [0.15, 0.2) is 29.2 Å². The van der Waals surface area contributed by atoms with Crippen LogP contribution in [0.1, 0.15) is 19.8 Å². The van der Waals surface area contributed by atoms with Crippen LogP contribution in [0.25, 0.3) is 0 Å². The fourth-order valence-corrected chi connectivity index (χ4v) is 3.92. The topological polar surface area (TPSA) is 92.3 Å². The van der Waals surface area contributed by atoms with E-state index in [4.69, 9.17) is 0 Å². The van der Waals surface area contributed by atoms with Crippen molar-refractivity contribution in [2.75, 3.05) is 12.3 Å². The third-order valence-electron chi connectivity index (χ3n) is 3.69. The normalized spacial score (nSPS) is 19.7. The molecule has 0 bridgehead atoms. The first kappa shape index (κ1) is 17.4. The molecule has 1 aromatic rings. The number of halogens is 1. The third kappa shape index (κ3) is 4.51. The molecule has 0 aliphatic carbocycles. The van der Waals surface area contributed by atoms with Gasteiger partial charge in [-0.1, -0.05) is 6.92 Å². The minimum atomic E-state index is -3.70. The second kappa shape index (κ2) is 7.08. The van der Waals surface area contributed by atoms with E-state index >= 15 is 0 Å². The quantitative estimate of drug-likeness (QED) is 0.768. The van der Waals surface area contributed by atoms with E-state index in [9.17, 15) is 22.4 Å². The van der Waals surface area contributed by atoms with Gasteiger partial charge in [0.25, 0.3) is 0 Å². The first-order valence-corrected chi connectivity index (χ1v) is 9.01. The van der Waals surface area contributed by atoms with Gasteiger partial charge in [0.1, 0.15) is 11.9 Å². The lowest BCUT2D eigenvalue weighted by atomic mass is 10.1. The fourth-order valence-electron chi connectivity index (χ4n) is 2.37. The Balaban J connectivity index is 1.99. The molecule has 126 valence electrons. The molecule has 1 heterocycles. The van der Waals surface area contributed by atoms with Crippen molar-refractivity contribution in [2.45, 2.75) is 30.7 Å². The van der Waals surface area contributed by atoms with E-state index in [1.807, 2.05) is 0 Å². The molecule has 1 saturated heterocycles. The van der Waals surface area contributed by atoms with Gasteiger partial charge in [0.05, 0.1) is 10.6 Å². The number of benzene rings is 1. The summed E-state index contributed by atoms with van der Waals surface area (Å²) < 4.78 is 37.3. The van der Waals surface area contributed by atoms with Gasteiger partial charge in [0.15, 0.2) is 9.84 Å². The molecule has 0 spiro atoms. The van der Waals surface area contributed by atoms with Crippen LogP contribution in [0.3, 0.4) is 0 Å². The average molecular weight is 342 g/mol. The zero-order valence-corrected chi connectivity index (χ0v) is 13.5. The minimum absolute atomic E-state index is 0.0334. The Morgan fingerprint density at radius 3 is 2.65 bits per heavy atom. The second-order valence-corrected chi connectivity index (χ2v) is 7.67. The Kier molecular flexibility index (Phi) is 5.35. The number of amides is 2. The monoisotopic (exact) mass is 342 g/mol. The molecule has 1 aliphatic heterocycles. The average Bonchev–Trinajstić information content (AvgIpc) is 2.49. The highest BCUT2D eigenvalue weighted by molar-refractivity contribution is 7.91. The zero-order valence-electron chi connectivity index (χ0n) is 12.7. The third-order valence-corrected chi connectivity index (χ3v) is 5.62. The summed E-state index contributed by atoms with van der Waals surface area (Å²) in [5.41, 5.74) is 0. The maximum absolute atomic E-state index is 12.9. The van der Waals surface area contributed by atoms with Gasteiger partial charge in [-0.2, -0.15) is 0 Å². The number of carbonyl (C=O) groups excluding carboxylic acids is 2. The van der Waals surface area contributed by atoms with Gasteiger partial charge < -0.3 is 10.6 Å². The van der Waals surface area contributed by atoms with Gasteiger partial charge in [0, 0.05) is 12.5 Å².